The van der Waals surface area contributed by atoms with E-state index in [9.17, 15) is 4.79 Å². The molecule has 0 radical (unpaired) electrons. The number of aromatic nitrogens is 5. The minimum atomic E-state index is -0.148. The van der Waals surface area contributed by atoms with Gasteiger partial charge in [-0.2, -0.15) is 5.10 Å². The Balaban J connectivity index is 1.24. The Labute approximate surface area is 152 Å². The van der Waals surface area contributed by atoms with Crippen molar-refractivity contribution in [3.8, 4) is 0 Å². The van der Waals surface area contributed by atoms with Gasteiger partial charge in [0.2, 0.25) is 0 Å². The molecule has 3 heterocycles. The molecule has 0 atom stereocenters. The summed E-state index contributed by atoms with van der Waals surface area (Å²) in [7, 11) is 0. The number of hydrogen-bond acceptors (Lipinski definition) is 6. The first-order valence-electron chi connectivity index (χ1n) is 9.31. The van der Waals surface area contributed by atoms with Gasteiger partial charge in [-0.15, -0.1) is 5.10 Å². The normalized spacial score (nSPS) is 19.4. The van der Waals surface area contributed by atoms with Gasteiger partial charge in [0, 0.05) is 63.6 Å². The van der Waals surface area contributed by atoms with Crippen LogP contribution < -0.4 is 10.6 Å². The van der Waals surface area contributed by atoms with Crippen LogP contribution in [0.3, 0.4) is 0 Å². The summed E-state index contributed by atoms with van der Waals surface area (Å²) in [4.78, 5) is 14.8. The molecule has 1 saturated heterocycles. The fourth-order valence-electron chi connectivity index (χ4n) is 3.35. The molecule has 2 aromatic rings. The third-order valence-electron chi connectivity index (χ3n) is 5.26. The maximum atomic E-state index is 12.4. The number of hydrogen-bond donors (Lipinski definition) is 2. The van der Waals surface area contributed by atoms with Crippen LogP contribution in [-0.4, -0.2) is 74.8 Å². The molecule has 9 nitrogen and oxygen atoms in total. The van der Waals surface area contributed by atoms with Gasteiger partial charge in [-0.05, 0) is 18.9 Å². The quantitative estimate of drug-likeness (QED) is 0.666. The van der Waals surface area contributed by atoms with Gasteiger partial charge in [0.15, 0.2) is 5.69 Å². The number of amides is 1. The van der Waals surface area contributed by atoms with E-state index in [-0.39, 0.29) is 11.3 Å². The topological polar surface area (TPSA) is 92.9 Å². The van der Waals surface area contributed by atoms with Crippen LogP contribution in [0.5, 0.6) is 0 Å². The Morgan fingerprint density at radius 3 is 2.81 bits per heavy atom. The second-order valence-electron chi connectivity index (χ2n) is 7.34. The van der Waals surface area contributed by atoms with Crippen molar-refractivity contribution in [2.75, 3.05) is 39.3 Å². The summed E-state index contributed by atoms with van der Waals surface area (Å²) in [6.45, 7) is 7.36. The maximum Gasteiger partial charge on any atom is 0.273 e. The summed E-state index contributed by atoms with van der Waals surface area (Å²) in [5.41, 5.74) is 0.528. The molecular weight excluding hydrogens is 332 g/mol. The summed E-state index contributed by atoms with van der Waals surface area (Å²) in [5, 5.41) is 18.7. The molecule has 26 heavy (non-hydrogen) atoms. The van der Waals surface area contributed by atoms with Crippen molar-refractivity contribution < 1.29 is 4.79 Å². The van der Waals surface area contributed by atoms with E-state index < -0.39 is 0 Å². The molecule has 2 aliphatic rings. The molecule has 0 unspecified atom stereocenters. The number of carbonyl (C=O) groups is 1. The highest BCUT2D eigenvalue weighted by atomic mass is 16.2. The number of nitrogens with zero attached hydrogens (tertiary/aromatic N) is 6. The number of nitrogens with one attached hydrogen (secondary N) is 2. The van der Waals surface area contributed by atoms with Crippen LogP contribution >= 0.6 is 0 Å². The predicted octanol–water partition coefficient (Wildman–Crippen LogP) is -0.410. The van der Waals surface area contributed by atoms with Crippen LogP contribution in [0.4, 0.5) is 0 Å². The Bertz CT molecular complexity index is 715. The molecule has 2 N–H and O–H groups in total. The number of piperazine rings is 1. The van der Waals surface area contributed by atoms with Crippen LogP contribution in [0.2, 0.25) is 0 Å². The monoisotopic (exact) mass is 358 g/mol. The Kier molecular flexibility index (Phi) is 4.98. The van der Waals surface area contributed by atoms with Crippen molar-refractivity contribution in [2.45, 2.75) is 25.9 Å². The van der Waals surface area contributed by atoms with E-state index in [1.807, 2.05) is 16.9 Å². The van der Waals surface area contributed by atoms with Crippen molar-refractivity contribution in [2.24, 2.45) is 5.41 Å². The first-order valence-corrected chi connectivity index (χ1v) is 9.31. The van der Waals surface area contributed by atoms with Gasteiger partial charge in [0.1, 0.15) is 0 Å². The third kappa shape index (κ3) is 4.28. The van der Waals surface area contributed by atoms with Gasteiger partial charge in [-0.1, -0.05) is 5.21 Å². The zero-order valence-electron chi connectivity index (χ0n) is 15.0. The molecule has 2 aromatic heterocycles. The Hall–Kier alpha value is -2.26. The van der Waals surface area contributed by atoms with E-state index in [0.29, 0.717) is 12.2 Å². The first-order chi connectivity index (χ1) is 12.7. The number of carbonyl (C=O) groups excluding carboxylic acids is 1. The molecule has 1 aliphatic heterocycles. The molecule has 9 heteroatoms. The van der Waals surface area contributed by atoms with Crippen molar-refractivity contribution in [3.63, 3.8) is 0 Å². The van der Waals surface area contributed by atoms with Gasteiger partial charge in [0.05, 0.1) is 12.7 Å². The first kappa shape index (κ1) is 17.2. The molecule has 0 aromatic carbocycles. The maximum absolute atomic E-state index is 12.4. The molecule has 4 rings (SSSR count). The smallest absolute Gasteiger partial charge is 0.273 e. The SMILES string of the molecule is O=C(NCC1(Cn2cccn2)CC1)c1cn(CCN2CCNCC2)nn1. The molecule has 140 valence electrons. The second-order valence-corrected chi connectivity index (χ2v) is 7.34. The highest BCUT2D eigenvalue weighted by Crippen LogP contribution is 2.46. The zero-order chi connectivity index (χ0) is 17.8. The lowest BCUT2D eigenvalue weighted by molar-refractivity contribution is 0.0937. The van der Waals surface area contributed by atoms with E-state index in [4.69, 9.17) is 0 Å². The van der Waals surface area contributed by atoms with Crippen molar-refractivity contribution in [1.29, 1.82) is 0 Å². The highest BCUT2D eigenvalue weighted by molar-refractivity contribution is 5.91. The van der Waals surface area contributed by atoms with Crippen LogP contribution in [0.1, 0.15) is 23.3 Å². The molecule has 1 saturated carbocycles. The zero-order valence-corrected chi connectivity index (χ0v) is 15.0. The highest BCUT2D eigenvalue weighted by Gasteiger charge is 2.43. The van der Waals surface area contributed by atoms with E-state index in [2.05, 4.69) is 30.9 Å². The van der Waals surface area contributed by atoms with Gasteiger partial charge in [-0.25, -0.2) is 0 Å². The fourth-order valence-corrected chi connectivity index (χ4v) is 3.35. The van der Waals surface area contributed by atoms with Crippen molar-refractivity contribution in [1.82, 2.24) is 40.3 Å². The summed E-state index contributed by atoms with van der Waals surface area (Å²) in [6.07, 6.45) is 7.72. The summed E-state index contributed by atoms with van der Waals surface area (Å²) in [5.74, 6) is -0.148. The Morgan fingerprint density at radius 1 is 1.23 bits per heavy atom. The van der Waals surface area contributed by atoms with Gasteiger partial charge >= 0.3 is 0 Å². The molecular formula is C17H26N8O. The van der Waals surface area contributed by atoms with Crippen molar-refractivity contribution >= 4 is 5.91 Å². The summed E-state index contributed by atoms with van der Waals surface area (Å²) in [6, 6.07) is 1.92. The lowest BCUT2D eigenvalue weighted by Crippen LogP contribution is -2.44. The average Bonchev–Trinajstić information content (AvgIpc) is 3.05. The standard InChI is InChI=1S/C17H26N8O/c26-16(19-13-17(2-3-17)14-25-7-1-4-20-25)15-12-24(22-21-15)11-10-23-8-5-18-6-9-23/h1,4,7,12,18H,2-3,5-6,8-11,13-14H2,(H,19,26). The van der Waals surface area contributed by atoms with E-state index >= 15 is 0 Å². The Morgan fingerprint density at radius 2 is 2.08 bits per heavy atom. The number of rotatable bonds is 8. The summed E-state index contributed by atoms with van der Waals surface area (Å²) >= 11 is 0. The predicted molar refractivity (Wildman–Crippen MR) is 95.6 cm³/mol. The molecule has 2 fully saturated rings. The molecule has 1 amide bonds. The van der Waals surface area contributed by atoms with Crippen LogP contribution in [0.15, 0.2) is 24.7 Å². The minimum absolute atomic E-state index is 0.139. The van der Waals surface area contributed by atoms with E-state index in [0.717, 1.165) is 58.7 Å². The fraction of sp³-hybridized carbons (Fsp3) is 0.647. The average molecular weight is 358 g/mol. The molecule has 1 aliphatic carbocycles. The van der Waals surface area contributed by atoms with Crippen LogP contribution in [0.25, 0.3) is 0 Å². The second kappa shape index (κ2) is 7.55. The van der Waals surface area contributed by atoms with Gasteiger partial charge < -0.3 is 10.6 Å². The largest absolute Gasteiger partial charge is 0.350 e. The minimum Gasteiger partial charge on any atom is -0.350 e. The van der Waals surface area contributed by atoms with Gasteiger partial charge in [0.25, 0.3) is 5.91 Å². The van der Waals surface area contributed by atoms with E-state index in [1.54, 1.807) is 17.1 Å². The van der Waals surface area contributed by atoms with Gasteiger partial charge in [-0.3, -0.25) is 19.1 Å². The van der Waals surface area contributed by atoms with Crippen LogP contribution in [-0.2, 0) is 13.1 Å². The van der Waals surface area contributed by atoms with E-state index in [1.165, 1.54) is 0 Å². The lowest BCUT2D eigenvalue weighted by Gasteiger charge is -2.26. The van der Waals surface area contributed by atoms with Crippen molar-refractivity contribution in [3.05, 3.63) is 30.4 Å². The van der Waals surface area contributed by atoms with Crippen LogP contribution in [0, 0.1) is 5.41 Å². The molecule has 0 spiro atoms. The summed E-state index contributed by atoms with van der Waals surface area (Å²) < 4.78 is 3.69. The third-order valence-corrected chi connectivity index (χ3v) is 5.26. The lowest BCUT2D eigenvalue weighted by atomic mass is 10.1. The molecule has 0 bridgehead atoms.